The van der Waals surface area contributed by atoms with E-state index in [4.69, 9.17) is 4.52 Å². The van der Waals surface area contributed by atoms with Crippen LogP contribution in [0.2, 0.25) is 0 Å². The first-order valence-corrected chi connectivity index (χ1v) is 10.4. The molecule has 7 nitrogen and oxygen atoms in total. The molecule has 2 aromatic rings. The molecule has 0 aliphatic heterocycles. The number of nitrogens with one attached hydrogen (secondary N) is 2. The summed E-state index contributed by atoms with van der Waals surface area (Å²) in [5.41, 5.74) is 0.692. The van der Waals surface area contributed by atoms with Crippen LogP contribution in [0, 0.1) is 5.92 Å². The molecule has 0 aromatic carbocycles. The summed E-state index contributed by atoms with van der Waals surface area (Å²) in [6.07, 6.45) is 8.70. The second kappa shape index (κ2) is 15.2. The highest BCUT2D eigenvalue weighted by atomic mass is 127. The number of hydrogen-bond donors (Lipinski definition) is 2. The highest BCUT2D eigenvalue weighted by Gasteiger charge is 2.09. The van der Waals surface area contributed by atoms with Crippen LogP contribution >= 0.6 is 24.0 Å². The van der Waals surface area contributed by atoms with Crippen molar-refractivity contribution in [1.82, 2.24) is 25.8 Å². The number of guanidine groups is 1. The third kappa shape index (κ3) is 10.6. The summed E-state index contributed by atoms with van der Waals surface area (Å²) in [4.78, 5) is 13.3. The Balaban J connectivity index is 0.00000420. The van der Waals surface area contributed by atoms with E-state index in [1.807, 2.05) is 18.2 Å². The first-order chi connectivity index (χ1) is 13.7. The van der Waals surface area contributed by atoms with Crippen molar-refractivity contribution < 1.29 is 4.52 Å². The molecular formula is C21H35IN6O. The van der Waals surface area contributed by atoms with E-state index in [-0.39, 0.29) is 24.0 Å². The largest absolute Gasteiger partial charge is 0.357 e. The lowest BCUT2D eigenvalue weighted by Crippen LogP contribution is -2.38. The van der Waals surface area contributed by atoms with Crippen LogP contribution < -0.4 is 10.6 Å². The number of aliphatic imine (C=N–C) groups is 1. The Morgan fingerprint density at radius 3 is 2.69 bits per heavy atom. The van der Waals surface area contributed by atoms with Crippen LogP contribution in [0.15, 0.2) is 33.9 Å². The molecule has 0 radical (unpaired) electrons. The summed E-state index contributed by atoms with van der Waals surface area (Å²) in [6, 6.07) is 5.61. The van der Waals surface area contributed by atoms with Gasteiger partial charge in [-0.1, -0.05) is 50.8 Å². The van der Waals surface area contributed by atoms with Gasteiger partial charge in [0.15, 0.2) is 11.8 Å². The molecule has 8 heteroatoms. The summed E-state index contributed by atoms with van der Waals surface area (Å²) >= 11 is 0. The predicted molar refractivity (Wildman–Crippen MR) is 129 cm³/mol. The van der Waals surface area contributed by atoms with Crippen LogP contribution in [0.3, 0.4) is 0 Å². The van der Waals surface area contributed by atoms with Crippen molar-refractivity contribution in [3.05, 3.63) is 30.2 Å². The Kier molecular flexibility index (Phi) is 13.3. The quantitative estimate of drug-likeness (QED) is 0.188. The third-order valence-corrected chi connectivity index (χ3v) is 4.30. The Hall–Kier alpha value is -1.71. The van der Waals surface area contributed by atoms with Gasteiger partial charge in [-0.2, -0.15) is 4.98 Å². The van der Waals surface area contributed by atoms with E-state index in [2.05, 4.69) is 51.5 Å². The second-order valence-corrected chi connectivity index (χ2v) is 7.26. The second-order valence-electron chi connectivity index (χ2n) is 7.26. The molecule has 0 aliphatic rings. The minimum atomic E-state index is 0. The normalized spacial score (nSPS) is 11.4. The van der Waals surface area contributed by atoms with Crippen molar-refractivity contribution in [1.29, 1.82) is 0 Å². The van der Waals surface area contributed by atoms with Crippen molar-refractivity contribution in [3.63, 3.8) is 0 Å². The lowest BCUT2D eigenvalue weighted by molar-refractivity contribution is 0.421. The molecule has 0 aliphatic carbocycles. The summed E-state index contributed by atoms with van der Waals surface area (Å²) < 4.78 is 5.28. The Bertz CT molecular complexity index is 689. The molecule has 0 amide bonds. The lowest BCUT2D eigenvalue weighted by atomic mass is 10.0. The Morgan fingerprint density at radius 2 is 1.97 bits per heavy atom. The highest BCUT2D eigenvalue weighted by molar-refractivity contribution is 14.0. The maximum absolute atomic E-state index is 5.28. The lowest BCUT2D eigenvalue weighted by Gasteiger charge is -2.10. The number of pyridine rings is 1. The van der Waals surface area contributed by atoms with Crippen LogP contribution in [0.25, 0.3) is 11.6 Å². The van der Waals surface area contributed by atoms with Crippen LogP contribution in [0.4, 0.5) is 0 Å². The van der Waals surface area contributed by atoms with Crippen molar-refractivity contribution >= 4 is 29.9 Å². The molecule has 2 aromatic heterocycles. The van der Waals surface area contributed by atoms with E-state index in [1.165, 1.54) is 25.7 Å². The van der Waals surface area contributed by atoms with E-state index in [1.54, 1.807) is 6.20 Å². The summed E-state index contributed by atoms with van der Waals surface area (Å²) in [7, 11) is 0. The Labute approximate surface area is 191 Å². The van der Waals surface area contributed by atoms with Crippen molar-refractivity contribution in [2.75, 3.05) is 19.6 Å². The molecule has 162 valence electrons. The average molecular weight is 514 g/mol. The first-order valence-electron chi connectivity index (χ1n) is 10.4. The summed E-state index contributed by atoms with van der Waals surface area (Å²) in [5.74, 6) is 2.77. The monoisotopic (exact) mass is 514 g/mol. The van der Waals surface area contributed by atoms with Crippen LogP contribution in [-0.2, 0) is 6.42 Å². The standard InChI is InChI=1S/C21H34N6O.HI/c1-4-22-21(24-15-9-6-5-7-11-17(2)3)25-16-13-19-26-20(28-27-19)18-12-8-10-14-23-18;/h8,10,12,14,17H,4-7,9,11,13,15-16H2,1-3H3,(H2,22,24,25);1H. The molecule has 2 N–H and O–H groups in total. The van der Waals surface area contributed by atoms with Crippen LogP contribution in [0.5, 0.6) is 0 Å². The summed E-state index contributed by atoms with van der Waals surface area (Å²) in [5, 5.41) is 10.6. The van der Waals surface area contributed by atoms with E-state index < -0.39 is 0 Å². The SMILES string of the molecule is CCNC(=NCCCCCCC(C)C)NCCc1noc(-c2ccccn2)n1.I. The van der Waals surface area contributed by atoms with Crippen molar-refractivity contribution in [2.24, 2.45) is 10.9 Å². The maximum atomic E-state index is 5.28. The van der Waals surface area contributed by atoms with Crippen molar-refractivity contribution in [3.8, 4) is 11.6 Å². The maximum Gasteiger partial charge on any atom is 0.276 e. The van der Waals surface area contributed by atoms with Gasteiger partial charge in [-0.25, -0.2) is 0 Å². The van der Waals surface area contributed by atoms with Gasteiger partial charge in [0.1, 0.15) is 5.69 Å². The minimum Gasteiger partial charge on any atom is -0.357 e. The number of halogens is 1. The fourth-order valence-corrected chi connectivity index (χ4v) is 2.79. The predicted octanol–water partition coefficient (Wildman–Crippen LogP) is 4.45. The van der Waals surface area contributed by atoms with Gasteiger partial charge in [0.25, 0.3) is 5.89 Å². The zero-order valence-electron chi connectivity index (χ0n) is 17.9. The van der Waals surface area contributed by atoms with Gasteiger partial charge in [-0.05, 0) is 31.4 Å². The van der Waals surface area contributed by atoms with Crippen LogP contribution in [0.1, 0.15) is 58.7 Å². The van der Waals surface area contributed by atoms with Crippen molar-refractivity contribution in [2.45, 2.75) is 59.3 Å². The molecule has 0 unspecified atom stereocenters. The topological polar surface area (TPSA) is 88.2 Å². The van der Waals surface area contributed by atoms with Gasteiger partial charge in [0, 0.05) is 32.3 Å². The molecule has 2 rings (SSSR count). The zero-order chi connectivity index (χ0) is 20.0. The summed E-state index contributed by atoms with van der Waals surface area (Å²) in [6.45, 7) is 9.03. The Morgan fingerprint density at radius 1 is 1.14 bits per heavy atom. The molecule has 0 saturated carbocycles. The highest BCUT2D eigenvalue weighted by Crippen LogP contribution is 2.13. The van der Waals surface area contributed by atoms with E-state index in [9.17, 15) is 0 Å². The number of nitrogens with zero attached hydrogens (tertiary/aromatic N) is 4. The van der Waals surface area contributed by atoms with Gasteiger partial charge >= 0.3 is 0 Å². The minimum absolute atomic E-state index is 0. The zero-order valence-corrected chi connectivity index (χ0v) is 20.2. The molecule has 0 spiro atoms. The third-order valence-electron chi connectivity index (χ3n) is 4.30. The number of aromatic nitrogens is 3. The number of hydrogen-bond acceptors (Lipinski definition) is 5. The van der Waals surface area contributed by atoms with Gasteiger partial charge in [0.2, 0.25) is 0 Å². The number of unbranched alkanes of at least 4 members (excludes halogenated alkanes) is 3. The average Bonchev–Trinajstić information content (AvgIpc) is 3.16. The molecule has 0 bridgehead atoms. The molecule has 2 heterocycles. The van der Waals surface area contributed by atoms with E-state index in [0.717, 1.165) is 31.4 Å². The van der Waals surface area contributed by atoms with Crippen LogP contribution in [-0.4, -0.2) is 40.7 Å². The number of rotatable bonds is 12. The molecule has 0 atom stereocenters. The van der Waals surface area contributed by atoms with E-state index in [0.29, 0.717) is 30.4 Å². The molecule has 0 fully saturated rings. The molecule has 29 heavy (non-hydrogen) atoms. The first kappa shape index (κ1) is 25.3. The van der Waals surface area contributed by atoms with Gasteiger partial charge in [-0.15, -0.1) is 24.0 Å². The fourth-order valence-electron chi connectivity index (χ4n) is 2.79. The fraction of sp³-hybridized carbons (Fsp3) is 0.619. The molecular weight excluding hydrogens is 479 g/mol. The van der Waals surface area contributed by atoms with E-state index >= 15 is 0 Å². The van der Waals surface area contributed by atoms with Gasteiger partial charge in [-0.3, -0.25) is 9.98 Å². The van der Waals surface area contributed by atoms with Gasteiger partial charge in [0.05, 0.1) is 0 Å². The van der Waals surface area contributed by atoms with Gasteiger partial charge < -0.3 is 15.2 Å². The molecule has 0 saturated heterocycles. The smallest absolute Gasteiger partial charge is 0.276 e.